The van der Waals surface area contributed by atoms with Crippen LogP contribution in [0.3, 0.4) is 0 Å². The highest BCUT2D eigenvalue weighted by Crippen LogP contribution is 2.29. The minimum Gasteiger partial charge on any atom is -0.354 e. The molecular formula is C20H27F3N4O2. The zero-order valence-electron chi connectivity index (χ0n) is 16.3. The maximum Gasteiger partial charge on any atom is 0.416 e. The van der Waals surface area contributed by atoms with Crippen molar-refractivity contribution in [3.8, 4) is 0 Å². The van der Waals surface area contributed by atoms with Crippen LogP contribution in [0.25, 0.3) is 0 Å². The largest absolute Gasteiger partial charge is 0.416 e. The molecule has 29 heavy (non-hydrogen) atoms. The first kappa shape index (κ1) is 21.6. The predicted octanol–water partition coefficient (Wildman–Crippen LogP) is 1.61. The van der Waals surface area contributed by atoms with E-state index in [1.165, 1.54) is 12.1 Å². The van der Waals surface area contributed by atoms with Crippen LogP contribution >= 0.6 is 0 Å². The first-order valence-corrected chi connectivity index (χ1v) is 9.99. The molecule has 3 rings (SSSR count). The van der Waals surface area contributed by atoms with Crippen LogP contribution in [0.15, 0.2) is 24.3 Å². The van der Waals surface area contributed by atoms with E-state index in [1.54, 1.807) is 0 Å². The maximum absolute atomic E-state index is 12.6. The van der Waals surface area contributed by atoms with E-state index in [4.69, 9.17) is 0 Å². The molecule has 2 fully saturated rings. The number of piperazine rings is 1. The van der Waals surface area contributed by atoms with E-state index in [1.807, 2.05) is 4.90 Å². The van der Waals surface area contributed by atoms with Crippen molar-refractivity contribution in [1.82, 2.24) is 20.4 Å². The second-order valence-corrected chi connectivity index (χ2v) is 7.65. The molecule has 2 heterocycles. The van der Waals surface area contributed by atoms with Crippen LogP contribution in [0.5, 0.6) is 0 Å². The Bertz CT molecular complexity index is 701. The molecule has 2 N–H and O–H groups in total. The Balaban J connectivity index is 1.41. The molecule has 9 heteroatoms. The summed E-state index contributed by atoms with van der Waals surface area (Å²) in [6, 6.07) is 4.80. The summed E-state index contributed by atoms with van der Waals surface area (Å²) in [5.41, 5.74) is 0.197. The van der Waals surface area contributed by atoms with Crippen molar-refractivity contribution in [3.63, 3.8) is 0 Å². The number of carbonyl (C=O) groups excluding carboxylic acids is 2. The number of hydrogen-bond donors (Lipinski definition) is 2. The highest BCUT2D eigenvalue weighted by atomic mass is 19.4. The number of nitrogens with zero attached hydrogens (tertiary/aromatic N) is 2. The van der Waals surface area contributed by atoms with E-state index >= 15 is 0 Å². The number of rotatable bonds is 5. The number of carbonyl (C=O) groups is 2. The van der Waals surface area contributed by atoms with E-state index in [-0.39, 0.29) is 18.4 Å². The highest BCUT2D eigenvalue weighted by molar-refractivity contribution is 5.88. The second kappa shape index (κ2) is 9.58. The molecular weight excluding hydrogens is 385 g/mol. The molecule has 2 amide bonds. The van der Waals surface area contributed by atoms with Gasteiger partial charge in [-0.2, -0.15) is 13.2 Å². The Morgan fingerprint density at radius 2 is 1.72 bits per heavy atom. The lowest BCUT2D eigenvalue weighted by Gasteiger charge is -2.34. The number of halogens is 3. The van der Waals surface area contributed by atoms with Gasteiger partial charge in [0.1, 0.15) is 6.04 Å². The van der Waals surface area contributed by atoms with Crippen LogP contribution in [-0.2, 0) is 22.3 Å². The van der Waals surface area contributed by atoms with Crippen molar-refractivity contribution in [2.75, 3.05) is 39.3 Å². The molecule has 0 spiro atoms. The average Bonchev–Trinajstić information content (AvgIpc) is 2.87. The highest BCUT2D eigenvalue weighted by Gasteiger charge is 2.30. The van der Waals surface area contributed by atoms with Crippen LogP contribution in [-0.4, -0.2) is 66.9 Å². The molecule has 6 nitrogen and oxygen atoms in total. The summed E-state index contributed by atoms with van der Waals surface area (Å²) in [5, 5.41) is 5.63. The number of alkyl halides is 3. The summed E-state index contributed by atoms with van der Waals surface area (Å²) in [6.07, 6.45) is -1.81. The van der Waals surface area contributed by atoms with Crippen molar-refractivity contribution in [1.29, 1.82) is 0 Å². The van der Waals surface area contributed by atoms with Gasteiger partial charge in [0.05, 0.1) is 12.1 Å². The summed E-state index contributed by atoms with van der Waals surface area (Å²) in [5.74, 6) is -0.263. The van der Waals surface area contributed by atoms with Gasteiger partial charge in [0.2, 0.25) is 11.8 Å². The van der Waals surface area contributed by atoms with Crippen LogP contribution in [0.2, 0.25) is 0 Å². The Hall–Kier alpha value is -2.13. The zero-order valence-corrected chi connectivity index (χ0v) is 16.3. The third kappa shape index (κ3) is 6.43. The van der Waals surface area contributed by atoms with Crippen LogP contribution in [0, 0.1) is 0 Å². The van der Waals surface area contributed by atoms with Crippen molar-refractivity contribution in [3.05, 3.63) is 35.4 Å². The quantitative estimate of drug-likeness (QED) is 0.771. The summed E-state index contributed by atoms with van der Waals surface area (Å²) in [7, 11) is 0. The van der Waals surface area contributed by atoms with Crippen molar-refractivity contribution in [2.45, 2.75) is 38.0 Å². The topological polar surface area (TPSA) is 64.7 Å². The molecule has 2 aliphatic heterocycles. The summed E-state index contributed by atoms with van der Waals surface area (Å²) in [4.78, 5) is 28.4. The van der Waals surface area contributed by atoms with Crippen molar-refractivity contribution in [2.24, 2.45) is 0 Å². The summed E-state index contributed by atoms with van der Waals surface area (Å²) < 4.78 is 37.9. The van der Waals surface area contributed by atoms with Gasteiger partial charge in [0.15, 0.2) is 0 Å². The number of benzene rings is 1. The smallest absolute Gasteiger partial charge is 0.354 e. The number of amides is 2. The fourth-order valence-electron chi connectivity index (χ4n) is 3.68. The molecule has 1 aromatic carbocycles. The lowest BCUT2D eigenvalue weighted by Crippen LogP contribution is -2.52. The van der Waals surface area contributed by atoms with E-state index in [9.17, 15) is 22.8 Å². The molecule has 160 valence electrons. The molecule has 0 aliphatic carbocycles. The lowest BCUT2D eigenvalue weighted by molar-refractivity contribution is -0.137. The average molecular weight is 412 g/mol. The van der Waals surface area contributed by atoms with Crippen LogP contribution < -0.4 is 10.6 Å². The van der Waals surface area contributed by atoms with Gasteiger partial charge in [0.25, 0.3) is 0 Å². The lowest BCUT2D eigenvalue weighted by atomic mass is 10.1. The maximum atomic E-state index is 12.6. The van der Waals surface area contributed by atoms with Crippen LogP contribution in [0.1, 0.15) is 30.4 Å². The summed E-state index contributed by atoms with van der Waals surface area (Å²) >= 11 is 0. The van der Waals surface area contributed by atoms with Gasteiger partial charge in [-0.15, -0.1) is 0 Å². The molecule has 0 radical (unpaired) electrons. The fourth-order valence-corrected chi connectivity index (χ4v) is 3.68. The minimum atomic E-state index is -4.32. The van der Waals surface area contributed by atoms with E-state index in [0.29, 0.717) is 32.6 Å². The van der Waals surface area contributed by atoms with Crippen LogP contribution in [0.4, 0.5) is 13.2 Å². The van der Waals surface area contributed by atoms with Gasteiger partial charge >= 0.3 is 6.18 Å². The zero-order chi connectivity index (χ0) is 20.9. The van der Waals surface area contributed by atoms with Gasteiger partial charge in [-0.05, 0) is 37.0 Å². The SMILES string of the molecule is O=C(CN1CCN(Cc2ccc(C(F)(F)F)cc2)CC1)N[C@@H]1CCCCNC1=O. The minimum absolute atomic E-state index is 0.114. The third-order valence-electron chi connectivity index (χ3n) is 5.39. The molecule has 1 atom stereocenters. The van der Waals surface area contributed by atoms with E-state index < -0.39 is 17.8 Å². The van der Waals surface area contributed by atoms with Gasteiger partial charge in [-0.25, -0.2) is 0 Å². The standard InChI is InChI=1S/C20H27F3N4O2/c21-20(22,23)16-6-4-15(5-7-16)13-26-9-11-27(12-10-26)14-18(28)25-17-3-1-2-8-24-19(17)29/h4-7,17H,1-3,8-14H2,(H,24,29)(H,25,28)/t17-/m1/s1. The Kier molecular flexibility index (Phi) is 7.13. The van der Waals surface area contributed by atoms with E-state index in [2.05, 4.69) is 15.5 Å². The molecule has 2 saturated heterocycles. The predicted molar refractivity (Wildman–Crippen MR) is 102 cm³/mol. The molecule has 2 aliphatic rings. The summed E-state index contributed by atoms with van der Waals surface area (Å²) in [6.45, 7) is 4.36. The monoisotopic (exact) mass is 412 g/mol. The van der Waals surface area contributed by atoms with E-state index in [0.717, 1.165) is 43.6 Å². The van der Waals surface area contributed by atoms with Crippen molar-refractivity contribution >= 4 is 11.8 Å². The normalized spacial score (nSPS) is 22.0. The first-order chi connectivity index (χ1) is 13.8. The Labute approximate surface area is 168 Å². The molecule has 1 aromatic rings. The molecule has 0 bridgehead atoms. The van der Waals surface area contributed by atoms with Gasteiger partial charge in [-0.3, -0.25) is 19.4 Å². The Morgan fingerprint density at radius 1 is 1.07 bits per heavy atom. The van der Waals surface area contributed by atoms with Crippen molar-refractivity contribution < 1.29 is 22.8 Å². The first-order valence-electron chi connectivity index (χ1n) is 9.99. The number of nitrogens with one attached hydrogen (secondary N) is 2. The molecule has 0 saturated carbocycles. The van der Waals surface area contributed by atoms with Gasteiger partial charge in [-0.1, -0.05) is 12.1 Å². The van der Waals surface area contributed by atoms with Gasteiger partial charge in [0, 0.05) is 39.3 Å². The van der Waals surface area contributed by atoms with Gasteiger partial charge < -0.3 is 10.6 Å². The second-order valence-electron chi connectivity index (χ2n) is 7.65. The molecule has 0 aromatic heterocycles. The third-order valence-corrected chi connectivity index (χ3v) is 5.39. The fraction of sp³-hybridized carbons (Fsp3) is 0.600. The Morgan fingerprint density at radius 3 is 2.38 bits per heavy atom. The number of hydrogen-bond acceptors (Lipinski definition) is 4. The molecule has 0 unspecified atom stereocenters.